The minimum Gasteiger partial charge on any atom is -0.493 e. The number of hydrogen-bond donors (Lipinski definition) is 3. The van der Waals surface area contributed by atoms with Crippen LogP contribution in [0.3, 0.4) is 0 Å². The van der Waals surface area contributed by atoms with Gasteiger partial charge in [0.2, 0.25) is 16.0 Å². The summed E-state index contributed by atoms with van der Waals surface area (Å²) in [6, 6.07) is 15.6. The molecule has 0 amide bonds. The van der Waals surface area contributed by atoms with Crippen LogP contribution in [0, 0.1) is 0 Å². The molecule has 2 heterocycles. The SMILES string of the molecule is COc1cc2nc(Nc3ccc4cncnc4c3)nc(NCc3ccc(S(N)(=O)=O)cc3)c2cc1OC. The summed E-state index contributed by atoms with van der Waals surface area (Å²) in [5.41, 5.74) is 3.01. The first-order valence-corrected chi connectivity index (χ1v) is 12.6. The molecule has 0 saturated heterocycles. The van der Waals surface area contributed by atoms with Crippen molar-refractivity contribution in [3.8, 4) is 11.5 Å². The number of nitrogens with two attached hydrogens (primary N) is 1. The van der Waals surface area contributed by atoms with Gasteiger partial charge >= 0.3 is 0 Å². The van der Waals surface area contributed by atoms with E-state index in [4.69, 9.17) is 19.6 Å². The highest BCUT2D eigenvalue weighted by atomic mass is 32.2. The van der Waals surface area contributed by atoms with Gasteiger partial charge in [0.1, 0.15) is 12.1 Å². The maximum atomic E-state index is 11.6. The van der Waals surface area contributed by atoms with Crippen LogP contribution < -0.4 is 25.2 Å². The second-order valence-electron chi connectivity index (χ2n) is 8.08. The number of ether oxygens (including phenoxy) is 2. The lowest BCUT2D eigenvalue weighted by molar-refractivity contribution is 0.356. The van der Waals surface area contributed by atoms with Crippen LogP contribution in [0.25, 0.3) is 21.8 Å². The number of nitrogens with one attached hydrogen (secondary N) is 2. The van der Waals surface area contributed by atoms with Gasteiger partial charge in [-0.25, -0.2) is 28.5 Å². The quantitative estimate of drug-likeness (QED) is 0.278. The van der Waals surface area contributed by atoms with Crippen LogP contribution in [0.1, 0.15) is 5.56 Å². The lowest BCUT2D eigenvalue weighted by Crippen LogP contribution is -2.12. The van der Waals surface area contributed by atoms with Crippen molar-refractivity contribution in [1.82, 2.24) is 19.9 Å². The van der Waals surface area contributed by atoms with Gasteiger partial charge in [0.05, 0.1) is 30.1 Å². The van der Waals surface area contributed by atoms with Gasteiger partial charge in [-0.15, -0.1) is 0 Å². The van der Waals surface area contributed by atoms with Crippen LogP contribution in [-0.2, 0) is 16.6 Å². The Morgan fingerprint density at radius 1 is 0.919 bits per heavy atom. The van der Waals surface area contributed by atoms with Gasteiger partial charge in [0.15, 0.2) is 11.5 Å². The molecule has 0 aliphatic rings. The fraction of sp³-hybridized carbons (Fsp3) is 0.120. The van der Waals surface area contributed by atoms with E-state index in [1.54, 1.807) is 44.7 Å². The maximum absolute atomic E-state index is 11.6. The summed E-state index contributed by atoms with van der Waals surface area (Å²) in [5, 5.41) is 13.4. The highest BCUT2D eigenvalue weighted by Crippen LogP contribution is 2.35. The molecule has 0 unspecified atom stereocenters. The molecule has 188 valence electrons. The predicted octanol–water partition coefficient (Wildman–Crippen LogP) is 3.59. The van der Waals surface area contributed by atoms with Crippen molar-refractivity contribution < 1.29 is 17.9 Å². The third-order valence-electron chi connectivity index (χ3n) is 5.68. The lowest BCUT2D eigenvalue weighted by atomic mass is 10.2. The zero-order chi connectivity index (χ0) is 26.0. The van der Waals surface area contributed by atoms with Crippen LogP contribution in [-0.4, -0.2) is 42.6 Å². The minimum atomic E-state index is -3.76. The average Bonchev–Trinajstić information content (AvgIpc) is 2.90. The van der Waals surface area contributed by atoms with Gasteiger partial charge in [-0.05, 0) is 42.0 Å². The molecule has 0 atom stereocenters. The largest absolute Gasteiger partial charge is 0.493 e. The molecule has 0 aliphatic heterocycles. The number of benzene rings is 3. The van der Waals surface area contributed by atoms with E-state index in [1.807, 2.05) is 18.2 Å². The zero-order valence-electron chi connectivity index (χ0n) is 20.0. The van der Waals surface area contributed by atoms with Crippen LogP contribution in [0.2, 0.25) is 0 Å². The Morgan fingerprint density at radius 3 is 2.41 bits per heavy atom. The molecule has 3 aromatic carbocycles. The zero-order valence-corrected chi connectivity index (χ0v) is 20.8. The molecule has 5 aromatic rings. The van der Waals surface area contributed by atoms with Gasteiger partial charge in [0.25, 0.3) is 0 Å². The van der Waals surface area contributed by atoms with Crippen LogP contribution in [0.4, 0.5) is 17.5 Å². The molecule has 0 aliphatic carbocycles. The summed E-state index contributed by atoms with van der Waals surface area (Å²) in [5.74, 6) is 1.98. The third kappa shape index (κ3) is 5.20. The van der Waals surface area contributed by atoms with Gasteiger partial charge in [-0.1, -0.05) is 12.1 Å². The van der Waals surface area contributed by atoms with Crippen LogP contribution in [0.5, 0.6) is 11.5 Å². The molecular weight excluding hydrogens is 494 g/mol. The number of rotatable bonds is 8. The molecule has 0 spiro atoms. The fourth-order valence-electron chi connectivity index (χ4n) is 3.81. The summed E-state index contributed by atoms with van der Waals surface area (Å²) >= 11 is 0. The molecule has 0 saturated carbocycles. The first-order valence-electron chi connectivity index (χ1n) is 11.1. The van der Waals surface area contributed by atoms with Gasteiger partial charge in [0, 0.05) is 35.3 Å². The van der Waals surface area contributed by atoms with E-state index in [0.29, 0.717) is 35.3 Å². The van der Waals surface area contributed by atoms with E-state index in [9.17, 15) is 8.42 Å². The van der Waals surface area contributed by atoms with Gasteiger partial charge in [-0.3, -0.25) is 0 Å². The number of hydrogen-bond acceptors (Lipinski definition) is 10. The minimum absolute atomic E-state index is 0.0488. The Hall–Kier alpha value is -4.55. The van der Waals surface area contributed by atoms with E-state index in [-0.39, 0.29) is 4.90 Å². The molecule has 5 rings (SSSR count). The Labute approximate surface area is 212 Å². The van der Waals surface area contributed by atoms with Gasteiger partial charge < -0.3 is 20.1 Å². The normalized spacial score (nSPS) is 11.4. The van der Waals surface area contributed by atoms with Crippen molar-refractivity contribution in [1.29, 1.82) is 0 Å². The monoisotopic (exact) mass is 517 g/mol. The van der Waals surface area contributed by atoms with E-state index in [1.165, 1.54) is 18.5 Å². The van der Waals surface area contributed by atoms with Crippen molar-refractivity contribution in [2.45, 2.75) is 11.4 Å². The van der Waals surface area contributed by atoms with E-state index >= 15 is 0 Å². The Bertz CT molecular complexity index is 1710. The molecule has 12 heteroatoms. The van der Waals surface area contributed by atoms with Crippen molar-refractivity contribution in [3.05, 3.63) is 72.7 Å². The van der Waals surface area contributed by atoms with Crippen molar-refractivity contribution in [2.24, 2.45) is 5.14 Å². The summed E-state index contributed by atoms with van der Waals surface area (Å²) in [7, 11) is -0.642. The van der Waals surface area contributed by atoms with E-state index in [2.05, 4.69) is 25.6 Å². The first kappa shape index (κ1) is 24.2. The van der Waals surface area contributed by atoms with E-state index in [0.717, 1.165) is 27.5 Å². The van der Waals surface area contributed by atoms with Crippen molar-refractivity contribution >= 4 is 49.3 Å². The molecule has 11 nitrogen and oxygen atoms in total. The maximum Gasteiger partial charge on any atom is 0.238 e. The molecular formula is C25H23N7O4S. The molecule has 4 N–H and O–H groups in total. The number of anilines is 3. The van der Waals surface area contributed by atoms with Crippen molar-refractivity contribution in [2.75, 3.05) is 24.9 Å². The smallest absolute Gasteiger partial charge is 0.238 e. The van der Waals surface area contributed by atoms with Gasteiger partial charge in [-0.2, -0.15) is 4.98 Å². The second kappa shape index (κ2) is 9.84. The fourth-order valence-corrected chi connectivity index (χ4v) is 4.33. The van der Waals surface area contributed by atoms with Crippen LogP contribution >= 0.6 is 0 Å². The number of nitrogens with zero attached hydrogens (tertiary/aromatic N) is 4. The molecule has 2 aromatic heterocycles. The first-order chi connectivity index (χ1) is 17.8. The summed E-state index contributed by atoms with van der Waals surface area (Å²) in [6.07, 6.45) is 3.24. The number of sulfonamides is 1. The molecule has 0 bridgehead atoms. The summed E-state index contributed by atoms with van der Waals surface area (Å²) < 4.78 is 34.0. The van der Waals surface area contributed by atoms with Crippen molar-refractivity contribution in [3.63, 3.8) is 0 Å². The van der Waals surface area contributed by atoms with E-state index < -0.39 is 10.0 Å². The number of methoxy groups -OCH3 is 2. The molecule has 0 fully saturated rings. The Morgan fingerprint density at radius 2 is 1.68 bits per heavy atom. The third-order valence-corrected chi connectivity index (χ3v) is 6.61. The highest BCUT2D eigenvalue weighted by Gasteiger charge is 2.14. The summed E-state index contributed by atoms with van der Waals surface area (Å²) in [6.45, 7) is 0.373. The average molecular weight is 518 g/mol. The highest BCUT2D eigenvalue weighted by molar-refractivity contribution is 7.89. The lowest BCUT2D eigenvalue weighted by Gasteiger charge is -2.15. The Balaban J connectivity index is 1.51. The standard InChI is InChI=1S/C25H23N7O4S/c1-35-22-10-19-21(11-23(22)36-2)31-25(30-17-6-5-16-13-27-14-29-20(16)9-17)32-24(19)28-12-15-3-7-18(8-4-15)37(26,33)34/h3-11,13-14H,12H2,1-2H3,(H2,26,33,34)(H2,28,30,31,32). The molecule has 0 radical (unpaired) electrons. The number of primary sulfonamides is 1. The summed E-state index contributed by atoms with van der Waals surface area (Å²) in [4.78, 5) is 17.8. The second-order valence-corrected chi connectivity index (χ2v) is 9.65. The topological polar surface area (TPSA) is 154 Å². The molecule has 37 heavy (non-hydrogen) atoms. The van der Waals surface area contributed by atoms with Crippen LogP contribution in [0.15, 0.2) is 72.0 Å². The predicted molar refractivity (Wildman–Crippen MR) is 141 cm³/mol. The number of aromatic nitrogens is 4. The number of fused-ring (bicyclic) bond motifs is 2. The Kier molecular flexibility index (Phi) is 6.42.